The first-order valence-electron chi connectivity index (χ1n) is 10.9. The Morgan fingerprint density at radius 2 is 1.58 bits per heavy atom. The molecule has 0 fully saturated rings. The van der Waals surface area contributed by atoms with E-state index in [9.17, 15) is 9.59 Å². The van der Waals surface area contributed by atoms with Crippen LogP contribution in [0, 0.1) is 6.92 Å². The topological polar surface area (TPSA) is 105 Å². The molecule has 5 N–H and O–H groups in total. The van der Waals surface area contributed by atoms with Gasteiger partial charge < -0.3 is 26.4 Å². The first-order chi connectivity index (χ1) is 15.0. The van der Waals surface area contributed by atoms with Crippen LogP contribution in [-0.4, -0.2) is 31.1 Å². The summed E-state index contributed by atoms with van der Waals surface area (Å²) >= 11 is 0. The van der Waals surface area contributed by atoms with E-state index >= 15 is 0 Å². The lowest BCUT2D eigenvalue weighted by Gasteiger charge is -2.19. The van der Waals surface area contributed by atoms with Crippen LogP contribution in [0.4, 0.5) is 16.2 Å². The van der Waals surface area contributed by atoms with Crippen LogP contribution in [0.25, 0.3) is 0 Å². The first kappa shape index (κ1) is 24.2. The molecule has 0 heterocycles. The van der Waals surface area contributed by atoms with E-state index in [1.165, 1.54) is 0 Å². The van der Waals surface area contributed by atoms with Gasteiger partial charge in [0.25, 0.3) is 0 Å². The molecule has 2 aromatic rings. The van der Waals surface area contributed by atoms with E-state index < -0.39 is 12.1 Å². The number of urea groups is 1. The van der Waals surface area contributed by atoms with Crippen molar-refractivity contribution in [1.29, 1.82) is 0 Å². The third-order valence-corrected chi connectivity index (χ3v) is 4.77. The maximum Gasteiger partial charge on any atom is 0.319 e. The Balaban J connectivity index is 1.93. The summed E-state index contributed by atoms with van der Waals surface area (Å²) in [6.45, 7) is 5.31. The van der Waals surface area contributed by atoms with Gasteiger partial charge in [-0.1, -0.05) is 31.0 Å². The molecule has 0 aromatic heterocycles. The number of aryl methyl sites for hydroxylation is 1. The Labute approximate surface area is 184 Å². The molecule has 2 aromatic carbocycles. The molecule has 0 saturated heterocycles. The molecule has 0 unspecified atom stereocenters. The van der Waals surface area contributed by atoms with Crippen molar-refractivity contribution in [1.82, 2.24) is 5.32 Å². The maximum absolute atomic E-state index is 12.7. The van der Waals surface area contributed by atoms with Crippen LogP contribution in [0.2, 0.25) is 0 Å². The Kier molecular flexibility index (Phi) is 10.4. The lowest BCUT2D eigenvalue weighted by molar-refractivity contribution is -0.118. The number of hydrogen-bond donors (Lipinski definition) is 4. The molecule has 7 nitrogen and oxygen atoms in total. The number of nitrogens with one attached hydrogen (secondary N) is 3. The average molecular weight is 427 g/mol. The van der Waals surface area contributed by atoms with Crippen molar-refractivity contribution in [3.05, 3.63) is 54.1 Å². The normalized spacial score (nSPS) is 11.5. The number of benzene rings is 2. The fourth-order valence-electron chi connectivity index (χ4n) is 2.92. The molecule has 0 bridgehead atoms. The molecule has 3 amide bonds. The van der Waals surface area contributed by atoms with Gasteiger partial charge in [0.1, 0.15) is 11.8 Å². The van der Waals surface area contributed by atoms with Crippen molar-refractivity contribution < 1.29 is 14.3 Å². The van der Waals surface area contributed by atoms with Gasteiger partial charge in [0.05, 0.1) is 6.61 Å². The fraction of sp³-hybridized carbons (Fsp3) is 0.417. The number of unbranched alkanes of at least 4 members (excludes halogenated alkanes) is 2. The summed E-state index contributed by atoms with van der Waals surface area (Å²) in [5.41, 5.74) is 8.00. The van der Waals surface area contributed by atoms with Crippen LogP contribution in [0.5, 0.6) is 5.75 Å². The predicted molar refractivity (Wildman–Crippen MR) is 126 cm³/mol. The van der Waals surface area contributed by atoms with Crippen molar-refractivity contribution in [3.8, 4) is 5.75 Å². The van der Waals surface area contributed by atoms with Gasteiger partial charge >= 0.3 is 6.03 Å². The Bertz CT molecular complexity index is 807. The molecular weight excluding hydrogens is 392 g/mol. The smallest absolute Gasteiger partial charge is 0.319 e. The third-order valence-electron chi connectivity index (χ3n) is 4.77. The average Bonchev–Trinajstić information content (AvgIpc) is 2.76. The Morgan fingerprint density at radius 3 is 2.23 bits per heavy atom. The lowest BCUT2D eigenvalue weighted by atomic mass is 10.1. The summed E-state index contributed by atoms with van der Waals surface area (Å²) in [7, 11) is 0. The van der Waals surface area contributed by atoms with Gasteiger partial charge in [-0.05, 0) is 75.5 Å². The first-order valence-corrected chi connectivity index (χ1v) is 10.9. The highest BCUT2D eigenvalue weighted by Crippen LogP contribution is 2.16. The van der Waals surface area contributed by atoms with Gasteiger partial charge in [0.2, 0.25) is 5.91 Å². The van der Waals surface area contributed by atoms with E-state index in [1.54, 1.807) is 12.1 Å². The number of amides is 3. The predicted octanol–water partition coefficient (Wildman–Crippen LogP) is 4.43. The summed E-state index contributed by atoms with van der Waals surface area (Å²) in [5.74, 6) is 0.507. The Hall–Kier alpha value is -3.06. The van der Waals surface area contributed by atoms with Crippen molar-refractivity contribution >= 4 is 23.3 Å². The van der Waals surface area contributed by atoms with Crippen molar-refractivity contribution in [2.24, 2.45) is 5.73 Å². The minimum absolute atomic E-state index is 0.254. The minimum Gasteiger partial charge on any atom is -0.494 e. The third kappa shape index (κ3) is 9.09. The van der Waals surface area contributed by atoms with Crippen LogP contribution in [0.1, 0.15) is 44.6 Å². The monoisotopic (exact) mass is 426 g/mol. The summed E-state index contributed by atoms with van der Waals surface area (Å²) < 4.78 is 5.63. The highest BCUT2D eigenvalue weighted by molar-refractivity contribution is 5.99. The Morgan fingerprint density at radius 1 is 0.935 bits per heavy atom. The van der Waals surface area contributed by atoms with Gasteiger partial charge in [-0.15, -0.1) is 0 Å². The second-order valence-corrected chi connectivity index (χ2v) is 7.52. The van der Waals surface area contributed by atoms with Crippen LogP contribution >= 0.6 is 0 Å². The highest BCUT2D eigenvalue weighted by atomic mass is 16.5. The summed E-state index contributed by atoms with van der Waals surface area (Å²) in [4.78, 5) is 25.2. The van der Waals surface area contributed by atoms with E-state index in [2.05, 4.69) is 22.9 Å². The van der Waals surface area contributed by atoms with Crippen LogP contribution in [0.3, 0.4) is 0 Å². The van der Waals surface area contributed by atoms with Crippen LogP contribution in [0.15, 0.2) is 48.5 Å². The molecule has 31 heavy (non-hydrogen) atoms. The molecule has 2 rings (SSSR count). The fourth-order valence-corrected chi connectivity index (χ4v) is 2.92. The summed E-state index contributed by atoms with van der Waals surface area (Å²) in [6.07, 6.45) is 4.11. The number of rotatable bonds is 12. The molecular formula is C24H34N4O3. The molecule has 0 aliphatic carbocycles. The number of nitrogens with two attached hydrogens (primary N) is 1. The number of carbonyl (C=O) groups is 2. The number of carbonyl (C=O) groups excluding carboxylic acids is 2. The zero-order chi connectivity index (χ0) is 22.5. The van der Waals surface area contributed by atoms with Gasteiger partial charge in [-0.25, -0.2) is 4.79 Å². The number of ether oxygens (including phenoxy) is 1. The zero-order valence-electron chi connectivity index (χ0n) is 18.4. The second-order valence-electron chi connectivity index (χ2n) is 7.52. The van der Waals surface area contributed by atoms with E-state index in [0.29, 0.717) is 30.9 Å². The molecule has 0 radical (unpaired) electrons. The zero-order valence-corrected chi connectivity index (χ0v) is 18.4. The lowest BCUT2D eigenvalue weighted by Crippen LogP contribution is -2.45. The van der Waals surface area contributed by atoms with Crippen molar-refractivity contribution in [2.75, 3.05) is 23.8 Å². The number of hydrogen-bond acceptors (Lipinski definition) is 4. The highest BCUT2D eigenvalue weighted by Gasteiger charge is 2.20. The van der Waals surface area contributed by atoms with Crippen LogP contribution < -0.4 is 26.4 Å². The molecule has 168 valence electrons. The largest absolute Gasteiger partial charge is 0.494 e. The maximum atomic E-state index is 12.7. The van der Waals surface area contributed by atoms with E-state index in [-0.39, 0.29) is 5.91 Å². The van der Waals surface area contributed by atoms with Crippen LogP contribution in [-0.2, 0) is 4.79 Å². The summed E-state index contributed by atoms with van der Waals surface area (Å²) in [5, 5.41) is 8.42. The van der Waals surface area contributed by atoms with Gasteiger partial charge in [-0.2, -0.15) is 0 Å². The van der Waals surface area contributed by atoms with Gasteiger partial charge in [0, 0.05) is 11.4 Å². The van der Waals surface area contributed by atoms with Gasteiger partial charge in [0.15, 0.2) is 0 Å². The quantitative estimate of drug-likeness (QED) is 0.377. The van der Waals surface area contributed by atoms with E-state index in [4.69, 9.17) is 10.5 Å². The molecule has 0 aliphatic heterocycles. The molecule has 0 spiro atoms. The number of anilines is 2. The second kappa shape index (κ2) is 13.3. The van der Waals surface area contributed by atoms with Gasteiger partial charge in [-0.3, -0.25) is 4.79 Å². The van der Waals surface area contributed by atoms with E-state index in [0.717, 1.165) is 37.0 Å². The molecule has 7 heteroatoms. The standard InChI is InChI=1S/C24H34N4O3/c1-3-4-17-31-21-14-12-20(13-15-21)27-24(30)28-22(7-5-6-16-25)23(29)26-19-10-8-18(2)9-11-19/h8-15,22H,3-7,16-17,25H2,1-2H3,(H,26,29)(H2,27,28,30)/t22-/m0/s1. The minimum atomic E-state index is -0.662. The molecule has 0 aliphatic rings. The van der Waals surface area contributed by atoms with Crippen molar-refractivity contribution in [2.45, 2.75) is 52.0 Å². The van der Waals surface area contributed by atoms with Crippen molar-refractivity contribution in [3.63, 3.8) is 0 Å². The SMILES string of the molecule is CCCCOc1ccc(NC(=O)N[C@@H](CCCCN)C(=O)Nc2ccc(C)cc2)cc1. The van der Waals surface area contributed by atoms with E-state index in [1.807, 2.05) is 43.3 Å². The summed E-state index contributed by atoms with van der Waals surface area (Å²) in [6, 6.07) is 13.6. The molecule has 0 saturated carbocycles. The molecule has 1 atom stereocenters.